The topological polar surface area (TPSA) is 88.6 Å². The highest BCUT2D eigenvalue weighted by Crippen LogP contribution is 2.16. The van der Waals surface area contributed by atoms with Gasteiger partial charge in [0, 0.05) is 30.1 Å². The van der Waals surface area contributed by atoms with Crippen LogP contribution in [0, 0.1) is 6.92 Å². The van der Waals surface area contributed by atoms with Gasteiger partial charge in [-0.1, -0.05) is 0 Å². The number of aromatic nitrogens is 1. The third-order valence-corrected chi connectivity index (χ3v) is 5.38. The SMILES string of the molecule is CCOC(=O)c1ccc(C(=O)N2CCC(NC(=O)c3ccsc3)CC2)nc1C. The summed E-state index contributed by atoms with van der Waals surface area (Å²) in [4.78, 5) is 42.8. The molecule has 0 bridgehead atoms. The van der Waals surface area contributed by atoms with E-state index in [0.29, 0.717) is 48.4 Å². The van der Waals surface area contributed by atoms with Crippen molar-refractivity contribution in [3.05, 3.63) is 51.5 Å². The number of carbonyl (C=O) groups excluding carboxylic acids is 3. The number of piperidine rings is 1. The molecule has 1 saturated heterocycles. The van der Waals surface area contributed by atoms with Crippen molar-refractivity contribution in [1.82, 2.24) is 15.2 Å². The molecule has 2 aromatic rings. The van der Waals surface area contributed by atoms with Crippen molar-refractivity contribution in [2.24, 2.45) is 0 Å². The molecule has 1 aliphatic heterocycles. The van der Waals surface area contributed by atoms with Gasteiger partial charge in [0.05, 0.1) is 17.9 Å². The molecule has 3 rings (SSSR count). The zero-order chi connectivity index (χ0) is 20.1. The lowest BCUT2D eigenvalue weighted by Gasteiger charge is -2.32. The summed E-state index contributed by atoms with van der Waals surface area (Å²) in [5, 5.41) is 6.72. The summed E-state index contributed by atoms with van der Waals surface area (Å²) >= 11 is 1.49. The number of carbonyl (C=O) groups is 3. The third kappa shape index (κ3) is 4.56. The van der Waals surface area contributed by atoms with Crippen LogP contribution in [-0.2, 0) is 4.74 Å². The number of pyridine rings is 1. The van der Waals surface area contributed by atoms with Gasteiger partial charge in [0.1, 0.15) is 5.69 Å². The number of nitrogens with one attached hydrogen (secondary N) is 1. The van der Waals surface area contributed by atoms with Crippen molar-refractivity contribution in [3.8, 4) is 0 Å². The van der Waals surface area contributed by atoms with E-state index in [0.717, 1.165) is 0 Å². The molecule has 0 radical (unpaired) electrons. The van der Waals surface area contributed by atoms with Crippen LogP contribution < -0.4 is 5.32 Å². The number of hydrogen-bond donors (Lipinski definition) is 1. The van der Waals surface area contributed by atoms with Crippen LogP contribution in [0.15, 0.2) is 29.0 Å². The molecule has 1 aliphatic rings. The maximum Gasteiger partial charge on any atom is 0.339 e. The Morgan fingerprint density at radius 2 is 2.00 bits per heavy atom. The molecule has 0 aromatic carbocycles. The summed E-state index contributed by atoms with van der Waals surface area (Å²) in [5.74, 6) is -0.673. The normalized spacial score (nSPS) is 14.6. The van der Waals surface area contributed by atoms with E-state index < -0.39 is 5.97 Å². The first-order chi connectivity index (χ1) is 13.5. The number of ether oxygens (including phenoxy) is 1. The molecule has 0 saturated carbocycles. The molecule has 1 fully saturated rings. The van der Waals surface area contributed by atoms with Crippen LogP contribution in [0.3, 0.4) is 0 Å². The van der Waals surface area contributed by atoms with Crippen LogP contribution in [0.1, 0.15) is 56.7 Å². The maximum atomic E-state index is 12.7. The molecule has 3 heterocycles. The van der Waals surface area contributed by atoms with Crippen molar-refractivity contribution in [3.63, 3.8) is 0 Å². The Labute approximate surface area is 167 Å². The summed E-state index contributed by atoms with van der Waals surface area (Å²) in [6, 6.07) is 5.00. The number of esters is 1. The van der Waals surface area contributed by atoms with Gasteiger partial charge >= 0.3 is 5.97 Å². The van der Waals surface area contributed by atoms with Crippen LogP contribution in [0.4, 0.5) is 0 Å². The summed E-state index contributed by atoms with van der Waals surface area (Å²) < 4.78 is 4.99. The Morgan fingerprint density at radius 1 is 1.25 bits per heavy atom. The average Bonchev–Trinajstić information content (AvgIpc) is 3.23. The Hall–Kier alpha value is -2.74. The first-order valence-corrected chi connectivity index (χ1v) is 10.2. The fraction of sp³-hybridized carbons (Fsp3) is 0.400. The minimum absolute atomic E-state index is 0.0531. The van der Waals surface area contributed by atoms with Gasteiger partial charge in [-0.3, -0.25) is 9.59 Å². The number of hydrogen-bond acceptors (Lipinski definition) is 6. The van der Waals surface area contributed by atoms with Gasteiger partial charge in [-0.25, -0.2) is 9.78 Å². The Bertz CT molecular complexity index is 858. The molecular weight excluding hydrogens is 378 g/mol. The van der Waals surface area contributed by atoms with Gasteiger partial charge in [-0.05, 0) is 50.3 Å². The standard InChI is InChI=1S/C20H23N3O4S/c1-3-27-20(26)16-4-5-17(21-13(16)2)19(25)23-9-6-15(7-10-23)22-18(24)14-8-11-28-12-14/h4-5,8,11-12,15H,3,6-7,9-10H2,1-2H3,(H,22,24). The van der Waals surface area contributed by atoms with E-state index >= 15 is 0 Å². The summed E-state index contributed by atoms with van der Waals surface area (Å²) in [7, 11) is 0. The molecular formula is C20H23N3O4S. The second-order valence-corrected chi connectivity index (χ2v) is 7.38. The van der Waals surface area contributed by atoms with Gasteiger partial charge in [0.2, 0.25) is 0 Å². The fourth-order valence-electron chi connectivity index (χ4n) is 3.16. The van der Waals surface area contributed by atoms with Crippen LogP contribution in [0.5, 0.6) is 0 Å². The van der Waals surface area contributed by atoms with Gasteiger partial charge in [-0.15, -0.1) is 0 Å². The highest BCUT2D eigenvalue weighted by Gasteiger charge is 2.26. The quantitative estimate of drug-likeness (QED) is 0.778. The number of nitrogens with zero attached hydrogens (tertiary/aromatic N) is 2. The smallest absolute Gasteiger partial charge is 0.339 e. The first kappa shape index (κ1) is 20.0. The molecule has 8 heteroatoms. The molecule has 0 atom stereocenters. The Morgan fingerprint density at radius 3 is 2.61 bits per heavy atom. The van der Waals surface area contributed by atoms with E-state index in [4.69, 9.17) is 4.74 Å². The van der Waals surface area contributed by atoms with E-state index in [-0.39, 0.29) is 24.5 Å². The number of thiophene rings is 1. The Balaban J connectivity index is 1.57. The van der Waals surface area contributed by atoms with Crippen molar-refractivity contribution >= 4 is 29.1 Å². The number of aryl methyl sites for hydroxylation is 1. The van der Waals surface area contributed by atoms with Crippen molar-refractivity contribution in [2.45, 2.75) is 32.7 Å². The van der Waals surface area contributed by atoms with Crippen molar-refractivity contribution in [1.29, 1.82) is 0 Å². The van der Waals surface area contributed by atoms with Gasteiger partial charge in [0.25, 0.3) is 11.8 Å². The fourth-order valence-corrected chi connectivity index (χ4v) is 3.79. The van der Waals surface area contributed by atoms with Crippen LogP contribution in [-0.4, -0.2) is 53.4 Å². The summed E-state index contributed by atoms with van der Waals surface area (Å²) in [5.41, 5.74) is 1.83. The van der Waals surface area contributed by atoms with E-state index in [2.05, 4.69) is 10.3 Å². The predicted molar refractivity (Wildman–Crippen MR) is 106 cm³/mol. The van der Waals surface area contributed by atoms with E-state index in [1.165, 1.54) is 11.3 Å². The monoisotopic (exact) mass is 401 g/mol. The van der Waals surface area contributed by atoms with Crippen LogP contribution >= 0.6 is 11.3 Å². The zero-order valence-electron chi connectivity index (χ0n) is 15.9. The molecule has 0 aliphatic carbocycles. The minimum Gasteiger partial charge on any atom is -0.462 e. The molecule has 7 nitrogen and oxygen atoms in total. The third-order valence-electron chi connectivity index (χ3n) is 4.70. The van der Waals surface area contributed by atoms with Crippen LogP contribution in [0.2, 0.25) is 0 Å². The van der Waals surface area contributed by atoms with E-state index in [1.807, 2.05) is 10.8 Å². The second kappa shape index (κ2) is 8.97. The summed E-state index contributed by atoms with van der Waals surface area (Å²) in [6.07, 6.45) is 1.39. The van der Waals surface area contributed by atoms with Crippen molar-refractivity contribution in [2.75, 3.05) is 19.7 Å². The molecule has 0 spiro atoms. The van der Waals surface area contributed by atoms with Gasteiger partial charge < -0.3 is 15.0 Å². The van der Waals surface area contributed by atoms with Crippen molar-refractivity contribution < 1.29 is 19.1 Å². The molecule has 148 valence electrons. The molecule has 28 heavy (non-hydrogen) atoms. The van der Waals surface area contributed by atoms with Gasteiger partial charge in [0.15, 0.2) is 0 Å². The number of amides is 2. The predicted octanol–water partition coefficient (Wildman–Crippen LogP) is 2.66. The van der Waals surface area contributed by atoms with Crippen LogP contribution in [0.25, 0.3) is 0 Å². The molecule has 0 unspecified atom stereocenters. The van der Waals surface area contributed by atoms with Gasteiger partial charge in [-0.2, -0.15) is 11.3 Å². The first-order valence-electron chi connectivity index (χ1n) is 9.26. The summed E-state index contributed by atoms with van der Waals surface area (Å²) in [6.45, 7) is 4.82. The zero-order valence-corrected chi connectivity index (χ0v) is 16.8. The van der Waals surface area contributed by atoms with E-state index in [1.54, 1.807) is 36.9 Å². The molecule has 2 aromatic heterocycles. The highest BCUT2D eigenvalue weighted by atomic mass is 32.1. The molecule has 1 N–H and O–H groups in total. The highest BCUT2D eigenvalue weighted by molar-refractivity contribution is 7.08. The lowest BCUT2D eigenvalue weighted by Crippen LogP contribution is -2.46. The molecule has 2 amide bonds. The number of likely N-dealkylation sites (tertiary alicyclic amines) is 1. The second-order valence-electron chi connectivity index (χ2n) is 6.60. The average molecular weight is 401 g/mol. The Kier molecular flexibility index (Phi) is 6.41. The minimum atomic E-state index is -0.436. The number of rotatable bonds is 5. The lowest BCUT2D eigenvalue weighted by atomic mass is 10.0. The van der Waals surface area contributed by atoms with E-state index in [9.17, 15) is 14.4 Å². The lowest BCUT2D eigenvalue weighted by molar-refractivity contribution is 0.0523. The largest absolute Gasteiger partial charge is 0.462 e. The maximum absolute atomic E-state index is 12.7.